The van der Waals surface area contributed by atoms with Gasteiger partial charge in [-0.15, -0.1) is 0 Å². The van der Waals surface area contributed by atoms with Gasteiger partial charge in [0.25, 0.3) is 0 Å². The first-order chi connectivity index (χ1) is 10.6. The van der Waals surface area contributed by atoms with Gasteiger partial charge in [-0.25, -0.2) is 0 Å². The minimum absolute atomic E-state index is 0.212. The predicted molar refractivity (Wildman–Crippen MR) is 92.2 cm³/mol. The number of anilines is 1. The molecule has 2 aromatic carbocycles. The van der Waals surface area contributed by atoms with Crippen molar-refractivity contribution in [3.8, 4) is 5.75 Å². The van der Waals surface area contributed by atoms with Crippen LogP contribution in [0, 0.1) is 6.92 Å². The number of nitrogens with zero attached hydrogens (tertiary/aromatic N) is 1. The predicted octanol–water partition coefficient (Wildman–Crippen LogP) is 3.93. The number of rotatable bonds is 1. The quantitative estimate of drug-likeness (QED) is 0.807. The Labute approximate surface area is 135 Å². The van der Waals surface area contributed by atoms with Crippen LogP contribution in [0.1, 0.15) is 30.5 Å². The molecule has 0 saturated carbocycles. The van der Waals surface area contributed by atoms with Crippen LogP contribution in [0.3, 0.4) is 0 Å². The number of ether oxygens (including phenoxy) is 1. The van der Waals surface area contributed by atoms with Crippen molar-refractivity contribution in [2.24, 2.45) is 0 Å². The van der Waals surface area contributed by atoms with Crippen molar-refractivity contribution in [1.29, 1.82) is 0 Å². The Kier molecular flexibility index (Phi) is 2.91. The number of nitrogens with one attached hydrogen (secondary N) is 1. The average Bonchev–Trinajstić information content (AvgIpc) is 2.46. The number of thiocarbonyl (C=S) groups is 1. The van der Waals surface area contributed by atoms with Gasteiger partial charge in [-0.3, -0.25) is 4.90 Å². The van der Waals surface area contributed by atoms with E-state index in [0.29, 0.717) is 0 Å². The van der Waals surface area contributed by atoms with Crippen molar-refractivity contribution in [1.82, 2.24) is 5.32 Å². The van der Waals surface area contributed by atoms with Crippen molar-refractivity contribution < 1.29 is 4.74 Å². The van der Waals surface area contributed by atoms with E-state index in [1.165, 1.54) is 11.1 Å². The van der Waals surface area contributed by atoms with Crippen molar-refractivity contribution in [3.63, 3.8) is 0 Å². The average molecular weight is 310 g/mol. The second-order valence-corrected chi connectivity index (χ2v) is 6.58. The maximum atomic E-state index is 6.37. The molecule has 0 unspecified atom stereocenters. The summed E-state index contributed by atoms with van der Waals surface area (Å²) in [5.41, 5.74) is 3.00. The molecule has 2 atom stereocenters. The van der Waals surface area contributed by atoms with Crippen molar-refractivity contribution in [2.45, 2.75) is 32.0 Å². The second-order valence-electron chi connectivity index (χ2n) is 6.20. The Morgan fingerprint density at radius 2 is 2.05 bits per heavy atom. The summed E-state index contributed by atoms with van der Waals surface area (Å²) in [5.74, 6) is 0.939. The molecule has 0 aromatic heterocycles. The van der Waals surface area contributed by atoms with Gasteiger partial charge in [0.15, 0.2) is 10.8 Å². The molecule has 0 aliphatic carbocycles. The van der Waals surface area contributed by atoms with Gasteiger partial charge in [0, 0.05) is 17.7 Å². The lowest BCUT2D eigenvalue weighted by Crippen LogP contribution is -2.65. The standard InChI is InChI=1S/C18H18N2OS/c1-12-6-5-7-13(10-12)20-17(22)19-15-11-18(20,2)21-16-9-4-3-8-14(15)16/h3-10,15H,11H2,1-2H3,(H,19,22)/t15-,18+/m1/s1. The minimum Gasteiger partial charge on any atom is -0.467 e. The molecule has 2 aromatic rings. The summed E-state index contributed by atoms with van der Waals surface area (Å²) in [5, 5.41) is 4.20. The first-order valence-corrected chi connectivity index (χ1v) is 7.93. The zero-order chi connectivity index (χ0) is 15.3. The zero-order valence-corrected chi connectivity index (χ0v) is 13.5. The lowest BCUT2D eigenvalue weighted by molar-refractivity contribution is 0.0498. The van der Waals surface area contributed by atoms with Gasteiger partial charge in [-0.1, -0.05) is 30.3 Å². The fourth-order valence-corrected chi connectivity index (χ4v) is 3.92. The summed E-state index contributed by atoms with van der Waals surface area (Å²) in [6, 6.07) is 16.8. The largest absolute Gasteiger partial charge is 0.467 e. The van der Waals surface area contributed by atoms with Gasteiger partial charge in [0.05, 0.1) is 6.04 Å². The zero-order valence-electron chi connectivity index (χ0n) is 12.7. The van der Waals surface area contributed by atoms with Crippen LogP contribution in [-0.2, 0) is 0 Å². The highest BCUT2D eigenvalue weighted by Gasteiger charge is 2.48. The first kappa shape index (κ1) is 13.6. The van der Waals surface area contributed by atoms with Gasteiger partial charge in [0.1, 0.15) is 5.75 Å². The molecule has 0 amide bonds. The molecular formula is C18H18N2OS. The molecule has 22 heavy (non-hydrogen) atoms. The Hall–Kier alpha value is -2.07. The van der Waals surface area contributed by atoms with E-state index in [1.54, 1.807) is 0 Å². The Morgan fingerprint density at radius 1 is 1.23 bits per heavy atom. The van der Waals surface area contributed by atoms with E-state index in [1.807, 2.05) is 18.2 Å². The molecule has 2 heterocycles. The fourth-order valence-electron chi connectivity index (χ4n) is 3.48. The molecular weight excluding hydrogens is 292 g/mol. The monoisotopic (exact) mass is 310 g/mol. The van der Waals surface area contributed by atoms with Crippen molar-refractivity contribution >= 4 is 23.0 Å². The molecule has 2 bridgehead atoms. The van der Waals surface area contributed by atoms with Crippen molar-refractivity contribution in [2.75, 3.05) is 4.90 Å². The van der Waals surface area contributed by atoms with Crippen LogP contribution >= 0.6 is 12.2 Å². The lowest BCUT2D eigenvalue weighted by Gasteiger charge is -2.52. The maximum Gasteiger partial charge on any atom is 0.188 e. The molecule has 2 aliphatic heterocycles. The summed E-state index contributed by atoms with van der Waals surface area (Å²) >= 11 is 5.64. The number of hydrogen-bond acceptors (Lipinski definition) is 2. The van der Waals surface area contributed by atoms with Crippen molar-refractivity contribution in [3.05, 3.63) is 59.7 Å². The van der Waals surface area contributed by atoms with Crippen LogP contribution in [0.4, 0.5) is 5.69 Å². The number of benzene rings is 2. The summed E-state index contributed by atoms with van der Waals surface area (Å²) in [6.07, 6.45) is 0.859. The normalized spacial score (nSPS) is 26.0. The highest BCUT2D eigenvalue weighted by atomic mass is 32.1. The number of hydrogen-bond donors (Lipinski definition) is 1. The van der Waals surface area contributed by atoms with E-state index in [4.69, 9.17) is 17.0 Å². The van der Waals surface area contributed by atoms with Gasteiger partial charge in [-0.05, 0) is 49.8 Å². The fraction of sp³-hybridized carbons (Fsp3) is 0.278. The Balaban J connectivity index is 1.82. The molecule has 2 aliphatic rings. The molecule has 4 heteroatoms. The van der Waals surface area contributed by atoms with Gasteiger partial charge in [0.2, 0.25) is 0 Å². The molecule has 3 nitrogen and oxygen atoms in total. The molecule has 4 rings (SSSR count). The summed E-state index contributed by atoms with van der Waals surface area (Å²) in [7, 11) is 0. The summed E-state index contributed by atoms with van der Waals surface area (Å²) in [6.45, 7) is 4.21. The third-order valence-corrected chi connectivity index (χ3v) is 4.74. The van der Waals surface area contributed by atoms with Crippen LogP contribution < -0.4 is 15.0 Å². The highest BCUT2D eigenvalue weighted by Crippen LogP contribution is 2.45. The van der Waals surface area contributed by atoms with Crippen LogP contribution in [0.15, 0.2) is 48.5 Å². The molecule has 0 radical (unpaired) electrons. The molecule has 112 valence electrons. The molecule has 1 fully saturated rings. The molecule has 0 spiro atoms. The van der Waals surface area contributed by atoms with E-state index in [9.17, 15) is 0 Å². The van der Waals surface area contributed by atoms with E-state index in [0.717, 1.165) is 23.0 Å². The topological polar surface area (TPSA) is 24.5 Å². The second kappa shape index (κ2) is 4.71. The SMILES string of the molecule is Cc1cccc(N2C(=S)N[C@@H]3C[C@]2(C)Oc2ccccc23)c1. The van der Waals surface area contributed by atoms with Crippen LogP contribution in [-0.4, -0.2) is 10.8 Å². The van der Waals surface area contributed by atoms with E-state index in [-0.39, 0.29) is 6.04 Å². The van der Waals surface area contributed by atoms with Gasteiger partial charge < -0.3 is 10.1 Å². The van der Waals surface area contributed by atoms with E-state index >= 15 is 0 Å². The smallest absolute Gasteiger partial charge is 0.188 e. The van der Waals surface area contributed by atoms with Crippen LogP contribution in [0.2, 0.25) is 0 Å². The number of aryl methyl sites for hydroxylation is 1. The highest BCUT2D eigenvalue weighted by molar-refractivity contribution is 7.80. The number of para-hydroxylation sites is 1. The minimum atomic E-state index is -0.463. The first-order valence-electron chi connectivity index (χ1n) is 7.52. The lowest BCUT2D eigenvalue weighted by atomic mass is 9.90. The maximum absolute atomic E-state index is 6.37. The van der Waals surface area contributed by atoms with E-state index < -0.39 is 5.72 Å². The Bertz CT molecular complexity index is 760. The Morgan fingerprint density at radius 3 is 2.86 bits per heavy atom. The molecule has 1 saturated heterocycles. The third kappa shape index (κ3) is 1.98. The molecule has 1 N–H and O–H groups in total. The van der Waals surface area contributed by atoms with Crippen LogP contribution in [0.5, 0.6) is 5.75 Å². The van der Waals surface area contributed by atoms with E-state index in [2.05, 4.69) is 54.4 Å². The summed E-state index contributed by atoms with van der Waals surface area (Å²) < 4.78 is 6.37. The van der Waals surface area contributed by atoms with Gasteiger partial charge in [-0.2, -0.15) is 0 Å². The third-order valence-electron chi connectivity index (χ3n) is 4.44. The summed E-state index contributed by atoms with van der Waals surface area (Å²) in [4.78, 5) is 2.10. The van der Waals surface area contributed by atoms with Crippen LogP contribution in [0.25, 0.3) is 0 Å². The number of fused-ring (bicyclic) bond motifs is 4. The van der Waals surface area contributed by atoms with Gasteiger partial charge >= 0.3 is 0 Å².